The second-order valence-corrected chi connectivity index (χ2v) is 8.02. The monoisotopic (exact) mass is 397 g/mol. The van der Waals surface area contributed by atoms with Gasteiger partial charge in [0.1, 0.15) is 24.0 Å². The summed E-state index contributed by atoms with van der Waals surface area (Å²) in [4.78, 5) is 10.8. The Hall–Kier alpha value is -2.71. The van der Waals surface area contributed by atoms with Crippen molar-refractivity contribution < 1.29 is 14.6 Å². The SMILES string of the molecule is COC[C@H](C)Oc1ccc(N)c(C(=N)c2cc(N3CC[C@@]4(C[C@@H]4O)C3)ncn2)c1. The number of nitrogens with one attached hydrogen (secondary N) is 1. The number of aliphatic hydroxyl groups is 1. The van der Waals surface area contributed by atoms with Crippen LogP contribution in [-0.2, 0) is 4.74 Å². The largest absolute Gasteiger partial charge is 0.488 e. The summed E-state index contributed by atoms with van der Waals surface area (Å²) in [6, 6.07) is 7.10. The van der Waals surface area contributed by atoms with Crippen LogP contribution in [0, 0.1) is 10.8 Å². The molecule has 2 aromatic rings. The summed E-state index contributed by atoms with van der Waals surface area (Å²) in [5, 5.41) is 18.6. The van der Waals surface area contributed by atoms with E-state index < -0.39 is 0 Å². The van der Waals surface area contributed by atoms with Crippen molar-refractivity contribution in [1.82, 2.24) is 9.97 Å². The first kappa shape index (κ1) is 19.6. The van der Waals surface area contributed by atoms with Gasteiger partial charge in [-0.1, -0.05) is 0 Å². The zero-order valence-electron chi connectivity index (χ0n) is 16.8. The highest BCUT2D eigenvalue weighted by molar-refractivity contribution is 6.13. The first-order valence-electron chi connectivity index (χ1n) is 9.81. The molecule has 1 spiro atoms. The second kappa shape index (κ2) is 7.61. The van der Waals surface area contributed by atoms with E-state index in [2.05, 4.69) is 14.9 Å². The van der Waals surface area contributed by atoms with Crippen LogP contribution in [0.2, 0.25) is 0 Å². The Labute approximate surface area is 170 Å². The molecular formula is C21H27N5O3. The van der Waals surface area contributed by atoms with Gasteiger partial charge in [0, 0.05) is 42.9 Å². The van der Waals surface area contributed by atoms with Gasteiger partial charge in [-0.25, -0.2) is 9.97 Å². The minimum Gasteiger partial charge on any atom is -0.488 e. The Morgan fingerprint density at radius 1 is 1.41 bits per heavy atom. The molecule has 1 saturated heterocycles. The maximum Gasteiger partial charge on any atom is 0.132 e. The average Bonchev–Trinajstić information content (AvgIpc) is 3.13. The van der Waals surface area contributed by atoms with Crippen LogP contribution in [0.1, 0.15) is 31.0 Å². The van der Waals surface area contributed by atoms with Crippen LogP contribution in [-0.4, -0.2) is 59.8 Å². The van der Waals surface area contributed by atoms with Crippen molar-refractivity contribution in [3.05, 3.63) is 41.9 Å². The third-order valence-corrected chi connectivity index (χ3v) is 5.80. The number of ether oxygens (including phenoxy) is 2. The van der Waals surface area contributed by atoms with Gasteiger partial charge in [-0.15, -0.1) is 0 Å². The first-order valence-corrected chi connectivity index (χ1v) is 9.81. The Morgan fingerprint density at radius 3 is 2.90 bits per heavy atom. The van der Waals surface area contributed by atoms with E-state index in [4.69, 9.17) is 20.6 Å². The fourth-order valence-corrected chi connectivity index (χ4v) is 3.98. The molecule has 2 heterocycles. The molecular weight excluding hydrogens is 370 g/mol. The minimum atomic E-state index is -0.199. The number of hydrogen-bond acceptors (Lipinski definition) is 8. The molecule has 3 atom stereocenters. The third kappa shape index (κ3) is 3.90. The summed E-state index contributed by atoms with van der Waals surface area (Å²) in [5.41, 5.74) is 7.94. The highest BCUT2D eigenvalue weighted by Gasteiger charge is 2.57. The number of nitrogens with zero attached hydrogens (tertiary/aromatic N) is 3. The summed E-state index contributed by atoms with van der Waals surface area (Å²) < 4.78 is 10.9. The van der Waals surface area contributed by atoms with Crippen LogP contribution in [0.4, 0.5) is 11.5 Å². The molecule has 1 aliphatic heterocycles. The van der Waals surface area contributed by atoms with Gasteiger partial charge in [0.15, 0.2) is 0 Å². The van der Waals surface area contributed by atoms with Gasteiger partial charge < -0.3 is 25.2 Å². The fraction of sp³-hybridized carbons (Fsp3) is 0.476. The Balaban J connectivity index is 1.54. The lowest BCUT2D eigenvalue weighted by molar-refractivity contribution is 0.0921. The van der Waals surface area contributed by atoms with E-state index in [1.165, 1.54) is 6.33 Å². The first-order chi connectivity index (χ1) is 13.9. The summed E-state index contributed by atoms with van der Waals surface area (Å²) >= 11 is 0. The van der Waals surface area contributed by atoms with Gasteiger partial charge in [0.05, 0.1) is 24.1 Å². The van der Waals surface area contributed by atoms with Crippen LogP contribution in [0.25, 0.3) is 0 Å². The molecule has 1 saturated carbocycles. The van der Waals surface area contributed by atoms with Crippen molar-refractivity contribution in [2.75, 3.05) is 37.4 Å². The maximum atomic E-state index is 9.90. The molecule has 0 radical (unpaired) electrons. The lowest BCUT2D eigenvalue weighted by Gasteiger charge is -2.18. The topological polar surface area (TPSA) is 118 Å². The lowest BCUT2D eigenvalue weighted by Crippen LogP contribution is -2.23. The van der Waals surface area contributed by atoms with Gasteiger partial charge >= 0.3 is 0 Å². The van der Waals surface area contributed by atoms with Gasteiger partial charge in [0.2, 0.25) is 0 Å². The number of benzene rings is 1. The van der Waals surface area contributed by atoms with Gasteiger partial charge in [-0.3, -0.25) is 5.41 Å². The number of aliphatic hydroxyl groups excluding tert-OH is 1. The van der Waals surface area contributed by atoms with Crippen LogP contribution in [0.15, 0.2) is 30.6 Å². The predicted octanol–water partition coefficient (Wildman–Crippen LogP) is 1.85. The average molecular weight is 397 g/mol. The van der Waals surface area contributed by atoms with Crippen LogP contribution in [0.3, 0.4) is 0 Å². The number of aromatic nitrogens is 2. The minimum absolute atomic E-state index is 0.0353. The van der Waals surface area contributed by atoms with Gasteiger partial charge in [-0.2, -0.15) is 0 Å². The summed E-state index contributed by atoms with van der Waals surface area (Å²) in [6.07, 6.45) is 3.00. The lowest BCUT2D eigenvalue weighted by atomic mass is 10.0. The van der Waals surface area contributed by atoms with E-state index in [0.29, 0.717) is 29.3 Å². The van der Waals surface area contributed by atoms with Crippen LogP contribution in [0.5, 0.6) is 5.75 Å². The van der Waals surface area contributed by atoms with Crippen molar-refractivity contribution in [2.24, 2.45) is 5.41 Å². The number of rotatable bonds is 7. The second-order valence-electron chi connectivity index (χ2n) is 8.02. The number of nitrogen functional groups attached to an aromatic ring is 1. The van der Waals surface area contributed by atoms with E-state index in [0.717, 1.165) is 31.7 Å². The van der Waals surface area contributed by atoms with E-state index in [1.807, 2.05) is 13.0 Å². The highest BCUT2D eigenvalue weighted by atomic mass is 16.5. The van der Waals surface area contributed by atoms with Crippen molar-refractivity contribution in [1.29, 1.82) is 5.41 Å². The normalized spacial score (nSPS) is 24.0. The van der Waals surface area contributed by atoms with Crippen molar-refractivity contribution in [3.8, 4) is 5.75 Å². The molecule has 1 aromatic carbocycles. The highest BCUT2D eigenvalue weighted by Crippen LogP contribution is 2.53. The van der Waals surface area contributed by atoms with Crippen molar-refractivity contribution in [2.45, 2.75) is 32.0 Å². The standard InChI is InChI=1S/C21H27N5O3/c1-13(10-28-2)29-14-3-4-16(22)15(7-14)20(23)17-8-19(25-12-24-17)26-6-5-21(11-26)9-18(21)27/h3-4,7-8,12-13,18,23,27H,5-6,9-11,22H2,1-2H3/t13-,18-,21+/m0/s1. The number of hydrogen-bond donors (Lipinski definition) is 3. The van der Waals surface area contributed by atoms with Gasteiger partial charge in [-0.05, 0) is 38.0 Å². The smallest absolute Gasteiger partial charge is 0.132 e. The Bertz CT molecular complexity index is 921. The van der Waals surface area contributed by atoms with Gasteiger partial charge in [0.25, 0.3) is 0 Å². The molecule has 29 heavy (non-hydrogen) atoms. The molecule has 1 aromatic heterocycles. The molecule has 2 aliphatic rings. The molecule has 2 fully saturated rings. The van der Waals surface area contributed by atoms with Crippen LogP contribution < -0.4 is 15.4 Å². The molecule has 0 bridgehead atoms. The molecule has 8 nitrogen and oxygen atoms in total. The molecule has 1 aliphatic carbocycles. The zero-order chi connectivity index (χ0) is 20.6. The molecule has 0 amide bonds. The number of methoxy groups -OCH3 is 1. The summed E-state index contributed by atoms with van der Waals surface area (Å²) in [5.74, 6) is 1.40. The predicted molar refractivity (Wildman–Crippen MR) is 111 cm³/mol. The molecule has 4 rings (SSSR count). The molecule has 0 unspecified atom stereocenters. The van der Waals surface area contributed by atoms with Crippen molar-refractivity contribution in [3.63, 3.8) is 0 Å². The quantitative estimate of drug-likeness (QED) is 0.482. The van der Waals surface area contributed by atoms with E-state index in [-0.39, 0.29) is 23.3 Å². The van der Waals surface area contributed by atoms with E-state index >= 15 is 0 Å². The Kier molecular flexibility index (Phi) is 5.14. The van der Waals surface area contributed by atoms with E-state index in [9.17, 15) is 5.11 Å². The van der Waals surface area contributed by atoms with Crippen molar-refractivity contribution >= 4 is 17.2 Å². The summed E-state index contributed by atoms with van der Waals surface area (Å²) in [6.45, 7) is 4.03. The Morgan fingerprint density at radius 2 is 2.21 bits per heavy atom. The van der Waals surface area contributed by atoms with E-state index in [1.54, 1.807) is 25.3 Å². The third-order valence-electron chi connectivity index (χ3n) is 5.80. The zero-order valence-corrected chi connectivity index (χ0v) is 16.8. The summed E-state index contributed by atoms with van der Waals surface area (Å²) in [7, 11) is 1.63. The molecule has 154 valence electrons. The number of nitrogens with two attached hydrogens (primary N) is 1. The van der Waals surface area contributed by atoms with Crippen LogP contribution >= 0.6 is 0 Å². The molecule has 8 heteroatoms. The maximum absolute atomic E-state index is 9.90. The molecule has 4 N–H and O–H groups in total. The number of anilines is 2. The fourth-order valence-electron chi connectivity index (χ4n) is 3.98.